The highest BCUT2D eigenvalue weighted by atomic mass is 35.5. The summed E-state index contributed by atoms with van der Waals surface area (Å²) in [7, 11) is 3.10. The molecular weight excluding hydrogens is 392 g/mol. The third-order valence-electron chi connectivity index (χ3n) is 5.07. The van der Waals surface area contributed by atoms with Crippen molar-refractivity contribution >= 4 is 23.4 Å². The van der Waals surface area contributed by atoms with Gasteiger partial charge in [-0.05, 0) is 42.7 Å². The zero-order valence-corrected chi connectivity index (χ0v) is 17.4. The van der Waals surface area contributed by atoms with Crippen LogP contribution in [0, 0.1) is 0 Å². The number of likely N-dealkylation sites (tertiary alicyclic amines) is 1. The van der Waals surface area contributed by atoms with Gasteiger partial charge in [-0.25, -0.2) is 0 Å². The van der Waals surface area contributed by atoms with Gasteiger partial charge in [0.1, 0.15) is 11.5 Å². The van der Waals surface area contributed by atoms with Gasteiger partial charge in [-0.15, -0.1) is 0 Å². The van der Waals surface area contributed by atoms with Crippen LogP contribution in [0.25, 0.3) is 0 Å². The van der Waals surface area contributed by atoms with E-state index in [2.05, 4.69) is 5.32 Å². The first kappa shape index (κ1) is 21.0. The quantitative estimate of drug-likeness (QED) is 0.784. The molecule has 0 aliphatic carbocycles. The molecule has 29 heavy (non-hydrogen) atoms. The van der Waals surface area contributed by atoms with Crippen LogP contribution < -0.4 is 14.8 Å². The van der Waals surface area contributed by atoms with E-state index < -0.39 is 0 Å². The number of benzene rings is 2. The third-order valence-corrected chi connectivity index (χ3v) is 5.32. The van der Waals surface area contributed by atoms with Gasteiger partial charge < -0.3 is 19.7 Å². The predicted octanol–water partition coefficient (Wildman–Crippen LogP) is 3.32. The topological polar surface area (TPSA) is 67.9 Å². The summed E-state index contributed by atoms with van der Waals surface area (Å²) in [6.45, 7) is 1.25. The average molecular weight is 417 g/mol. The fraction of sp³-hybridized carbons (Fsp3) is 0.364. The normalized spacial score (nSPS) is 14.4. The summed E-state index contributed by atoms with van der Waals surface area (Å²) in [6.07, 6.45) is 1.80. The van der Waals surface area contributed by atoms with Crippen molar-refractivity contribution < 1.29 is 19.1 Å². The number of carbonyl (C=O) groups excluding carboxylic acids is 2. The van der Waals surface area contributed by atoms with E-state index >= 15 is 0 Å². The number of nitrogens with one attached hydrogen (secondary N) is 1. The van der Waals surface area contributed by atoms with Crippen molar-refractivity contribution in [3.05, 3.63) is 58.6 Å². The van der Waals surface area contributed by atoms with E-state index in [4.69, 9.17) is 21.1 Å². The van der Waals surface area contributed by atoms with E-state index in [1.54, 1.807) is 44.6 Å². The number of ether oxygens (including phenoxy) is 2. The van der Waals surface area contributed by atoms with Gasteiger partial charge in [0, 0.05) is 35.8 Å². The number of hydrogen-bond donors (Lipinski definition) is 1. The molecule has 3 rings (SSSR count). The lowest BCUT2D eigenvalue weighted by molar-refractivity contribution is -0.131. The maximum atomic E-state index is 12.6. The van der Waals surface area contributed by atoms with Crippen LogP contribution in [0.3, 0.4) is 0 Å². The van der Waals surface area contributed by atoms with Crippen molar-refractivity contribution in [2.24, 2.45) is 0 Å². The maximum absolute atomic E-state index is 12.6. The van der Waals surface area contributed by atoms with Gasteiger partial charge in [-0.3, -0.25) is 9.59 Å². The molecule has 0 radical (unpaired) electrons. The summed E-state index contributed by atoms with van der Waals surface area (Å²) in [5, 5.41) is 3.71. The maximum Gasteiger partial charge on any atom is 0.251 e. The molecule has 0 unspecified atom stereocenters. The SMILES string of the molecule is COc1cc(OC)cc(C(=O)NC2CCN(C(=O)Cc3ccc(Cl)cc3)CC2)c1. The molecule has 0 saturated carbocycles. The smallest absolute Gasteiger partial charge is 0.251 e. The second kappa shape index (κ2) is 9.65. The van der Waals surface area contributed by atoms with Crippen molar-refractivity contribution in [1.29, 1.82) is 0 Å². The zero-order chi connectivity index (χ0) is 20.8. The minimum Gasteiger partial charge on any atom is -0.497 e. The van der Waals surface area contributed by atoms with E-state index in [9.17, 15) is 9.59 Å². The van der Waals surface area contributed by atoms with Gasteiger partial charge in [-0.1, -0.05) is 23.7 Å². The molecule has 154 valence electrons. The first-order chi connectivity index (χ1) is 14.0. The molecule has 1 N–H and O–H groups in total. The molecule has 2 amide bonds. The molecule has 7 heteroatoms. The van der Waals surface area contributed by atoms with Crippen LogP contribution in [0.4, 0.5) is 0 Å². The van der Waals surface area contributed by atoms with Gasteiger partial charge in [0.15, 0.2) is 0 Å². The Hall–Kier alpha value is -2.73. The third kappa shape index (κ3) is 5.64. The summed E-state index contributed by atoms with van der Waals surface area (Å²) < 4.78 is 10.4. The Bertz CT molecular complexity index is 839. The zero-order valence-electron chi connectivity index (χ0n) is 16.6. The van der Waals surface area contributed by atoms with Crippen LogP contribution in [0.5, 0.6) is 11.5 Å². The number of carbonyl (C=O) groups is 2. The minimum absolute atomic E-state index is 0.0271. The van der Waals surface area contributed by atoms with E-state index in [0.29, 0.717) is 41.6 Å². The molecule has 1 aliphatic heterocycles. The second-order valence-electron chi connectivity index (χ2n) is 7.03. The van der Waals surface area contributed by atoms with Crippen molar-refractivity contribution in [2.75, 3.05) is 27.3 Å². The van der Waals surface area contributed by atoms with E-state index in [0.717, 1.165) is 18.4 Å². The molecule has 6 nitrogen and oxygen atoms in total. The molecule has 1 heterocycles. The van der Waals surface area contributed by atoms with Crippen LogP contribution in [-0.2, 0) is 11.2 Å². The summed E-state index contributed by atoms with van der Waals surface area (Å²) >= 11 is 5.89. The number of rotatable bonds is 6. The molecule has 0 spiro atoms. The number of methoxy groups -OCH3 is 2. The van der Waals surface area contributed by atoms with E-state index in [-0.39, 0.29) is 17.9 Å². The van der Waals surface area contributed by atoms with Crippen molar-refractivity contribution in [3.63, 3.8) is 0 Å². The molecule has 1 aliphatic rings. The second-order valence-corrected chi connectivity index (χ2v) is 7.47. The molecule has 2 aromatic rings. The molecule has 1 saturated heterocycles. The first-order valence-electron chi connectivity index (χ1n) is 9.54. The number of nitrogens with zero attached hydrogens (tertiary/aromatic N) is 1. The Morgan fingerprint density at radius 3 is 2.17 bits per heavy atom. The summed E-state index contributed by atoms with van der Waals surface area (Å²) in [5.74, 6) is 1.05. The van der Waals surface area contributed by atoms with Gasteiger partial charge in [0.05, 0.1) is 20.6 Å². The van der Waals surface area contributed by atoms with Crippen LogP contribution in [0.15, 0.2) is 42.5 Å². The highest BCUT2D eigenvalue weighted by Crippen LogP contribution is 2.23. The lowest BCUT2D eigenvalue weighted by atomic mass is 10.0. The summed E-state index contributed by atoms with van der Waals surface area (Å²) in [4.78, 5) is 27.0. The van der Waals surface area contributed by atoms with Gasteiger partial charge in [0.25, 0.3) is 5.91 Å². The summed E-state index contributed by atoms with van der Waals surface area (Å²) in [5.41, 5.74) is 1.43. The molecule has 0 aromatic heterocycles. The molecule has 2 aromatic carbocycles. The van der Waals surface area contributed by atoms with Crippen LogP contribution in [-0.4, -0.2) is 50.1 Å². The Labute approximate surface area is 175 Å². The molecular formula is C22H25ClN2O4. The Morgan fingerprint density at radius 2 is 1.62 bits per heavy atom. The Balaban J connectivity index is 1.52. The number of amides is 2. The predicted molar refractivity (Wildman–Crippen MR) is 112 cm³/mol. The van der Waals surface area contributed by atoms with Crippen molar-refractivity contribution in [1.82, 2.24) is 10.2 Å². The van der Waals surface area contributed by atoms with Gasteiger partial charge in [-0.2, -0.15) is 0 Å². The lowest BCUT2D eigenvalue weighted by Gasteiger charge is -2.32. The van der Waals surface area contributed by atoms with Crippen LogP contribution >= 0.6 is 11.6 Å². The van der Waals surface area contributed by atoms with Crippen LogP contribution in [0.1, 0.15) is 28.8 Å². The number of hydrogen-bond acceptors (Lipinski definition) is 4. The fourth-order valence-electron chi connectivity index (χ4n) is 3.37. The Kier molecular flexibility index (Phi) is 6.99. The fourth-order valence-corrected chi connectivity index (χ4v) is 3.50. The molecule has 0 bridgehead atoms. The molecule has 0 atom stereocenters. The van der Waals surface area contributed by atoms with Gasteiger partial charge in [0.2, 0.25) is 5.91 Å². The van der Waals surface area contributed by atoms with Crippen molar-refractivity contribution in [2.45, 2.75) is 25.3 Å². The van der Waals surface area contributed by atoms with E-state index in [1.807, 2.05) is 17.0 Å². The monoisotopic (exact) mass is 416 g/mol. The van der Waals surface area contributed by atoms with Crippen molar-refractivity contribution in [3.8, 4) is 11.5 Å². The highest BCUT2D eigenvalue weighted by Gasteiger charge is 2.24. The average Bonchev–Trinajstić information content (AvgIpc) is 2.75. The number of piperidine rings is 1. The van der Waals surface area contributed by atoms with E-state index in [1.165, 1.54) is 0 Å². The van der Waals surface area contributed by atoms with Gasteiger partial charge >= 0.3 is 0 Å². The number of halogens is 1. The lowest BCUT2D eigenvalue weighted by Crippen LogP contribution is -2.47. The Morgan fingerprint density at radius 1 is 1.03 bits per heavy atom. The largest absolute Gasteiger partial charge is 0.497 e. The van der Waals surface area contributed by atoms with Crippen LogP contribution in [0.2, 0.25) is 5.02 Å². The summed E-state index contributed by atoms with van der Waals surface area (Å²) in [6, 6.07) is 12.4. The molecule has 1 fully saturated rings. The minimum atomic E-state index is -0.173. The first-order valence-corrected chi connectivity index (χ1v) is 9.92. The standard InChI is InChI=1S/C22H25ClN2O4/c1-28-19-12-16(13-20(14-19)29-2)22(27)24-18-7-9-25(10-8-18)21(26)11-15-3-5-17(23)6-4-15/h3-6,12-14,18H,7-11H2,1-2H3,(H,24,27). The highest BCUT2D eigenvalue weighted by molar-refractivity contribution is 6.30.